The van der Waals surface area contributed by atoms with Crippen molar-refractivity contribution in [3.8, 4) is 11.5 Å². The fourth-order valence-electron chi connectivity index (χ4n) is 1.49. The normalized spacial score (nSPS) is 11.9. The molecule has 2 N–H and O–H groups in total. The summed E-state index contributed by atoms with van der Waals surface area (Å²) in [7, 11) is 5.74. The molecule has 0 aromatic heterocycles. The highest BCUT2D eigenvalue weighted by Crippen LogP contribution is 2.22. The minimum absolute atomic E-state index is 0.0779. The lowest BCUT2D eigenvalue weighted by molar-refractivity contribution is 0.189. The van der Waals surface area contributed by atoms with Crippen molar-refractivity contribution >= 4 is 0 Å². The summed E-state index contributed by atoms with van der Waals surface area (Å²) < 4.78 is 5.15. The third-order valence-corrected chi connectivity index (χ3v) is 3.37. The van der Waals surface area contributed by atoms with Crippen molar-refractivity contribution in [1.82, 2.24) is 10.2 Å². The van der Waals surface area contributed by atoms with Crippen LogP contribution in [-0.4, -0.2) is 43.3 Å². The Balaban J connectivity index is 2.58. The summed E-state index contributed by atoms with van der Waals surface area (Å²) in [5.41, 5.74) is 0.929. The van der Waals surface area contributed by atoms with Crippen LogP contribution in [0, 0.1) is 0 Å². The number of likely N-dealkylation sites (N-methyl/N-ethyl adjacent to an activating group) is 1. The molecule has 0 heterocycles. The van der Waals surface area contributed by atoms with Crippen LogP contribution in [0.5, 0.6) is 11.5 Å². The summed E-state index contributed by atoms with van der Waals surface area (Å²) >= 11 is 0. The van der Waals surface area contributed by atoms with Crippen LogP contribution in [0.15, 0.2) is 18.2 Å². The van der Waals surface area contributed by atoms with E-state index in [1.165, 1.54) is 0 Å². The Labute approximate surface area is 110 Å². The van der Waals surface area contributed by atoms with Crippen molar-refractivity contribution in [2.24, 2.45) is 0 Å². The lowest BCUT2D eigenvalue weighted by Crippen LogP contribution is -2.46. The van der Waals surface area contributed by atoms with E-state index in [4.69, 9.17) is 4.74 Å². The molecule has 0 atom stereocenters. The van der Waals surface area contributed by atoms with E-state index in [0.717, 1.165) is 17.9 Å². The van der Waals surface area contributed by atoms with E-state index < -0.39 is 0 Å². The van der Waals surface area contributed by atoms with Crippen molar-refractivity contribution < 1.29 is 9.84 Å². The molecule has 0 unspecified atom stereocenters. The number of phenols is 1. The SMILES string of the molecule is COc1ccc(O)c(CNCC(C)(C)N(C)C)c1. The van der Waals surface area contributed by atoms with Gasteiger partial charge in [0.25, 0.3) is 0 Å². The second-order valence-corrected chi connectivity index (χ2v) is 5.31. The molecule has 0 bridgehead atoms. The third kappa shape index (κ3) is 3.89. The van der Waals surface area contributed by atoms with Crippen molar-refractivity contribution in [3.05, 3.63) is 23.8 Å². The largest absolute Gasteiger partial charge is 0.508 e. The molecule has 1 aromatic rings. The van der Waals surface area contributed by atoms with Crippen molar-refractivity contribution in [1.29, 1.82) is 0 Å². The second-order valence-electron chi connectivity index (χ2n) is 5.31. The summed E-state index contributed by atoms with van der Waals surface area (Å²) in [6, 6.07) is 5.26. The zero-order valence-corrected chi connectivity index (χ0v) is 11.9. The number of hydrogen-bond donors (Lipinski definition) is 2. The number of methoxy groups -OCH3 is 1. The molecule has 0 saturated carbocycles. The van der Waals surface area contributed by atoms with Gasteiger partial charge in [0.15, 0.2) is 0 Å². The van der Waals surface area contributed by atoms with Crippen LogP contribution in [0.1, 0.15) is 19.4 Å². The molecule has 4 heteroatoms. The zero-order valence-electron chi connectivity index (χ0n) is 11.9. The summed E-state index contributed by atoms with van der Waals surface area (Å²) in [5, 5.41) is 13.1. The Morgan fingerprint density at radius 3 is 2.56 bits per heavy atom. The van der Waals surface area contributed by atoms with E-state index in [1.807, 2.05) is 6.07 Å². The zero-order chi connectivity index (χ0) is 13.8. The van der Waals surface area contributed by atoms with E-state index in [-0.39, 0.29) is 5.54 Å². The number of rotatable bonds is 6. The van der Waals surface area contributed by atoms with Crippen LogP contribution >= 0.6 is 0 Å². The summed E-state index contributed by atoms with van der Waals surface area (Å²) in [6.07, 6.45) is 0. The fourth-order valence-corrected chi connectivity index (χ4v) is 1.49. The first-order chi connectivity index (χ1) is 8.36. The van der Waals surface area contributed by atoms with Gasteiger partial charge in [0.05, 0.1) is 7.11 Å². The first-order valence-corrected chi connectivity index (χ1v) is 6.11. The molecule has 0 spiro atoms. The van der Waals surface area contributed by atoms with E-state index in [9.17, 15) is 5.11 Å². The average Bonchev–Trinajstić information content (AvgIpc) is 2.31. The van der Waals surface area contributed by atoms with Crippen molar-refractivity contribution in [2.45, 2.75) is 25.9 Å². The molecule has 18 heavy (non-hydrogen) atoms. The van der Waals surface area contributed by atoms with Crippen LogP contribution in [0.4, 0.5) is 0 Å². The highest BCUT2D eigenvalue weighted by atomic mass is 16.5. The first kappa shape index (κ1) is 14.8. The molecule has 0 radical (unpaired) electrons. The third-order valence-electron chi connectivity index (χ3n) is 3.37. The molecule has 102 valence electrons. The average molecular weight is 252 g/mol. The molecular formula is C14H24N2O2. The molecule has 0 saturated heterocycles. The summed E-state index contributed by atoms with van der Waals surface area (Å²) in [6.45, 7) is 5.81. The van der Waals surface area contributed by atoms with Gasteiger partial charge in [-0.05, 0) is 46.1 Å². The smallest absolute Gasteiger partial charge is 0.120 e. The Hall–Kier alpha value is -1.26. The summed E-state index contributed by atoms with van der Waals surface area (Å²) in [5.74, 6) is 1.06. The molecule has 0 aliphatic rings. The maximum absolute atomic E-state index is 9.76. The van der Waals surface area contributed by atoms with Gasteiger partial charge in [-0.2, -0.15) is 0 Å². The maximum atomic E-state index is 9.76. The van der Waals surface area contributed by atoms with Gasteiger partial charge < -0.3 is 20.1 Å². The standard InChI is InChI=1S/C14H24N2O2/c1-14(2,16(3)4)10-15-9-11-8-12(18-5)6-7-13(11)17/h6-8,15,17H,9-10H2,1-5H3. The van der Waals surface area contributed by atoms with Crippen molar-refractivity contribution in [2.75, 3.05) is 27.7 Å². The number of nitrogens with one attached hydrogen (secondary N) is 1. The van der Waals surface area contributed by atoms with E-state index in [0.29, 0.717) is 12.3 Å². The van der Waals surface area contributed by atoms with Gasteiger partial charge in [0, 0.05) is 24.2 Å². The number of hydrogen-bond acceptors (Lipinski definition) is 4. The summed E-state index contributed by atoms with van der Waals surface area (Å²) in [4.78, 5) is 2.17. The molecule has 1 rings (SSSR count). The highest BCUT2D eigenvalue weighted by Gasteiger charge is 2.19. The molecule has 0 fully saturated rings. The van der Waals surface area contributed by atoms with E-state index in [2.05, 4.69) is 38.2 Å². The second kappa shape index (κ2) is 6.07. The number of benzene rings is 1. The predicted octanol–water partition coefficient (Wildman–Crippen LogP) is 1.83. The minimum atomic E-state index is 0.0779. The fraction of sp³-hybridized carbons (Fsp3) is 0.571. The lowest BCUT2D eigenvalue weighted by Gasteiger charge is -2.32. The molecule has 1 aromatic carbocycles. The number of ether oxygens (including phenoxy) is 1. The quantitative estimate of drug-likeness (QED) is 0.811. The molecule has 0 aliphatic carbocycles. The molecule has 4 nitrogen and oxygen atoms in total. The van der Waals surface area contributed by atoms with Crippen LogP contribution in [0.25, 0.3) is 0 Å². The number of nitrogens with zero attached hydrogens (tertiary/aromatic N) is 1. The lowest BCUT2D eigenvalue weighted by atomic mass is 10.0. The van der Waals surface area contributed by atoms with Crippen LogP contribution in [-0.2, 0) is 6.54 Å². The van der Waals surface area contributed by atoms with Gasteiger partial charge in [-0.3, -0.25) is 0 Å². The van der Waals surface area contributed by atoms with Gasteiger partial charge in [-0.25, -0.2) is 0 Å². The first-order valence-electron chi connectivity index (χ1n) is 6.11. The van der Waals surface area contributed by atoms with Gasteiger partial charge in [-0.1, -0.05) is 0 Å². The van der Waals surface area contributed by atoms with E-state index in [1.54, 1.807) is 19.2 Å². The topological polar surface area (TPSA) is 44.7 Å². The highest BCUT2D eigenvalue weighted by molar-refractivity contribution is 5.39. The minimum Gasteiger partial charge on any atom is -0.508 e. The van der Waals surface area contributed by atoms with Gasteiger partial charge in [0.1, 0.15) is 11.5 Å². The monoisotopic (exact) mass is 252 g/mol. The van der Waals surface area contributed by atoms with Gasteiger partial charge >= 0.3 is 0 Å². The Kier molecular flexibility index (Phi) is 4.99. The maximum Gasteiger partial charge on any atom is 0.120 e. The van der Waals surface area contributed by atoms with E-state index >= 15 is 0 Å². The number of aromatic hydroxyl groups is 1. The molecular weight excluding hydrogens is 228 g/mol. The Morgan fingerprint density at radius 1 is 1.33 bits per heavy atom. The van der Waals surface area contributed by atoms with Crippen molar-refractivity contribution in [3.63, 3.8) is 0 Å². The Morgan fingerprint density at radius 2 is 2.00 bits per heavy atom. The Bertz CT molecular complexity index is 389. The molecule has 0 aliphatic heterocycles. The van der Waals surface area contributed by atoms with Gasteiger partial charge in [-0.15, -0.1) is 0 Å². The van der Waals surface area contributed by atoms with Crippen LogP contribution in [0.2, 0.25) is 0 Å². The predicted molar refractivity (Wildman–Crippen MR) is 74.1 cm³/mol. The van der Waals surface area contributed by atoms with Gasteiger partial charge in [0.2, 0.25) is 0 Å². The van der Waals surface area contributed by atoms with Crippen LogP contribution < -0.4 is 10.1 Å². The van der Waals surface area contributed by atoms with Crippen LogP contribution in [0.3, 0.4) is 0 Å². The molecule has 0 amide bonds. The number of phenolic OH excluding ortho intramolecular Hbond substituents is 1.